The number of hydrogen-bond acceptors (Lipinski definition) is 4. The maximum atomic E-state index is 13.1. The Hall–Kier alpha value is -1.82. The Balaban J connectivity index is 1.93. The van der Waals surface area contributed by atoms with Gasteiger partial charge in [0, 0.05) is 12.0 Å². The molecule has 0 saturated heterocycles. The van der Waals surface area contributed by atoms with Gasteiger partial charge < -0.3 is 9.73 Å². The molecule has 0 radical (unpaired) electrons. The lowest BCUT2D eigenvalue weighted by Crippen LogP contribution is -2.16. The summed E-state index contributed by atoms with van der Waals surface area (Å²) in [5.74, 6) is -1.11. The number of halogens is 2. The Morgan fingerprint density at radius 3 is 2.75 bits per heavy atom. The summed E-state index contributed by atoms with van der Waals surface area (Å²) in [7, 11) is 0. The number of nitrogens with one attached hydrogen (secondary N) is 1. The van der Waals surface area contributed by atoms with Crippen LogP contribution in [0.2, 0.25) is 0 Å². The third-order valence-corrected chi connectivity index (χ3v) is 2.80. The zero-order chi connectivity index (χ0) is 14.4. The number of benzene rings is 1. The first-order chi connectivity index (χ1) is 9.70. The smallest absolute Gasteiger partial charge is 0.247 e. The van der Waals surface area contributed by atoms with E-state index in [0.29, 0.717) is 17.9 Å². The van der Waals surface area contributed by atoms with E-state index in [-0.39, 0.29) is 5.89 Å². The zero-order valence-electron chi connectivity index (χ0n) is 11.3. The Bertz CT molecular complexity index is 557. The SMILES string of the molecule is CCCNCCCc1nnc(-c2ccc(F)c(F)c2)o1. The third kappa shape index (κ3) is 3.84. The van der Waals surface area contributed by atoms with Crippen molar-refractivity contribution in [2.75, 3.05) is 13.1 Å². The molecule has 1 heterocycles. The topological polar surface area (TPSA) is 51.0 Å². The Morgan fingerprint density at radius 1 is 1.15 bits per heavy atom. The average molecular weight is 281 g/mol. The minimum atomic E-state index is -0.925. The van der Waals surface area contributed by atoms with Gasteiger partial charge in [-0.2, -0.15) is 0 Å². The van der Waals surface area contributed by atoms with Crippen LogP contribution < -0.4 is 5.32 Å². The number of hydrogen-bond donors (Lipinski definition) is 1. The highest BCUT2D eigenvalue weighted by Crippen LogP contribution is 2.20. The van der Waals surface area contributed by atoms with E-state index in [2.05, 4.69) is 22.4 Å². The van der Waals surface area contributed by atoms with E-state index < -0.39 is 11.6 Å². The molecule has 4 nitrogen and oxygen atoms in total. The van der Waals surface area contributed by atoms with Gasteiger partial charge in [0.2, 0.25) is 11.8 Å². The second-order valence-electron chi connectivity index (χ2n) is 4.48. The summed E-state index contributed by atoms with van der Waals surface area (Å²) >= 11 is 0. The van der Waals surface area contributed by atoms with Gasteiger partial charge in [-0.25, -0.2) is 8.78 Å². The van der Waals surface area contributed by atoms with Crippen molar-refractivity contribution in [2.24, 2.45) is 0 Å². The van der Waals surface area contributed by atoms with E-state index in [1.165, 1.54) is 6.07 Å². The van der Waals surface area contributed by atoms with E-state index in [9.17, 15) is 8.78 Å². The molecule has 6 heteroatoms. The molecule has 108 valence electrons. The molecule has 1 aromatic heterocycles. The van der Waals surface area contributed by atoms with Gasteiger partial charge in [-0.05, 0) is 44.1 Å². The average Bonchev–Trinajstić information content (AvgIpc) is 2.90. The first-order valence-corrected chi connectivity index (χ1v) is 6.69. The maximum absolute atomic E-state index is 13.1. The summed E-state index contributed by atoms with van der Waals surface area (Å²) in [6, 6.07) is 3.51. The number of aromatic nitrogens is 2. The van der Waals surface area contributed by atoms with Crippen molar-refractivity contribution >= 4 is 0 Å². The summed E-state index contributed by atoms with van der Waals surface area (Å²) in [4.78, 5) is 0. The summed E-state index contributed by atoms with van der Waals surface area (Å²) in [6.45, 7) is 3.99. The molecular weight excluding hydrogens is 264 g/mol. The molecule has 0 saturated carbocycles. The number of aryl methyl sites for hydroxylation is 1. The number of rotatable bonds is 7. The highest BCUT2D eigenvalue weighted by Gasteiger charge is 2.11. The van der Waals surface area contributed by atoms with Crippen LogP contribution in [0, 0.1) is 11.6 Å². The zero-order valence-corrected chi connectivity index (χ0v) is 11.3. The largest absolute Gasteiger partial charge is 0.421 e. The number of nitrogens with zero attached hydrogens (tertiary/aromatic N) is 2. The molecule has 0 amide bonds. The van der Waals surface area contributed by atoms with Gasteiger partial charge >= 0.3 is 0 Å². The molecular formula is C14H17F2N3O. The fraction of sp³-hybridized carbons (Fsp3) is 0.429. The molecule has 0 fully saturated rings. The van der Waals surface area contributed by atoms with Gasteiger partial charge in [-0.1, -0.05) is 6.92 Å². The van der Waals surface area contributed by atoms with Crippen molar-refractivity contribution in [2.45, 2.75) is 26.2 Å². The van der Waals surface area contributed by atoms with Crippen molar-refractivity contribution in [3.05, 3.63) is 35.7 Å². The highest BCUT2D eigenvalue weighted by molar-refractivity contribution is 5.52. The van der Waals surface area contributed by atoms with Crippen LogP contribution >= 0.6 is 0 Å². The van der Waals surface area contributed by atoms with Gasteiger partial charge in [0.1, 0.15) is 0 Å². The Labute approximate surface area is 116 Å². The molecule has 2 aromatic rings. The van der Waals surface area contributed by atoms with Gasteiger partial charge in [-0.3, -0.25) is 0 Å². The van der Waals surface area contributed by atoms with Crippen LogP contribution in [0.4, 0.5) is 8.78 Å². The fourth-order valence-corrected chi connectivity index (χ4v) is 1.77. The lowest BCUT2D eigenvalue weighted by Gasteiger charge is -2.00. The molecule has 0 aliphatic carbocycles. The van der Waals surface area contributed by atoms with Crippen molar-refractivity contribution in [3.8, 4) is 11.5 Å². The first-order valence-electron chi connectivity index (χ1n) is 6.69. The summed E-state index contributed by atoms with van der Waals surface area (Å²) in [5, 5.41) is 11.0. The van der Waals surface area contributed by atoms with Gasteiger partial charge in [0.15, 0.2) is 11.6 Å². The fourth-order valence-electron chi connectivity index (χ4n) is 1.77. The third-order valence-electron chi connectivity index (χ3n) is 2.80. The molecule has 0 unspecified atom stereocenters. The van der Waals surface area contributed by atoms with Gasteiger partial charge in [0.25, 0.3) is 0 Å². The predicted octanol–water partition coefficient (Wildman–Crippen LogP) is 2.95. The standard InChI is InChI=1S/C14H17F2N3O/c1-2-7-17-8-3-4-13-18-19-14(20-13)10-5-6-11(15)12(16)9-10/h5-6,9,17H,2-4,7-8H2,1H3. The monoisotopic (exact) mass is 281 g/mol. The van der Waals surface area contributed by atoms with E-state index in [0.717, 1.165) is 38.1 Å². The summed E-state index contributed by atoms with van der Waals surface area (Å²) in [6.07, 6.45) is 2.65. The minimum Gasteiger partial charge on any atom is -0.421 e. The lowest BCUT2D eigenvalue weighted by molar-refractivity contribution is 0.488. The predicted molar refractivity (Wildman–Crippen MR) is 71.1 cm³/mol. The molecule has 0 aliphatic rings. The van der Waals surface area contributed by atoms with E-state index in [4.69, 9.17) is 4.42 Å². The molecule has 1 aromatic carbocycles. The van der Waals surface area contributed by atoms with Crippen LogP contribution in [0.1, 0.15) is 25.7 Å². The first kappa shape index (κ1) is 14.6. The Kier molecular flexibility index (Phi) is 5.17. The van der Waals surface area contributed by atoms with Crippen molar-refractivity contribution in [1.29, 1.82) is 0 Å². The van der Waals surface area contributed by atoms with Crippen LogP contribution in [-0.4, -0.2) is 23.3 Å². The van der Waals surface area contributed by atoms with Crippen molar-refractivity contribution in [1.82, 2.24) is 15.5 Å². The maximum Gasteiger partial charge on any atom is 0.247 e. The molecule has 2 rings (SSSR count). The van der Waals surface area contributed by atoms with E-state index >= 15 is 0 Å². The molecule has 20 heavy (non-hydrogen) atoms. The van der Waals surface area contributed by atoms with Gasteiger partial charge in [0.05, 0.1) is 0 Å². The molecule has 0 spiro atoms. The quantitative estimate of drug-likeness (QED) is 0.793. The van der Waals surface area contributed by atoms with Crippen LogP contribution in [0.25, 0.3) is 11.5 Å². The second kappa shape index (κ2) is 7.09. The molecule has 1 N–H and O–H groups in total. The van der Waals surface area contributed by atoms with Crippen LogP contribution in [0.5, 0.6) is 0 Å². The minimum absolute atomic E-state index is 0.209. The van der Waals surface area contributed by atoms with Gasteiger partial charge in [-0.15, -0.1) is 10.2 Å². The van der Waals surface area contributed by atoms with Crippen molar-refractivity contribution in [3.63, 3.8) is 0 Å². The van der Waals surface area contributed by atoms with Crippen LogP contribution in [-0.2, 0) is 6.42 Å². The normalized spacial score (nSPS) is 10.9. The van der Waals surface area contributed by atoms with E-state index in [1.54, 1.807) is 0 Å². The molecule has 0 bridgehead atoms. The summed E-state index contributed by atoms with van der Waals surface area (Å²) in [5.41, 5.74) is 0.381. The van der Waals surface area contributed by atoms with E-state index in [1.807, 2.05) is 0 Å². The summed E-state index contributed by atoms with van der Waals surface area (Å²) < 4.78 is 31.4. The van der Waals surface area contributed by atoms with Crippen LogP contribution in [0.3, 0.4) is 0 Å². The Morgan fingerprint density at radius 2 is 2.00 bits per heavy atom. The molecule has 0 atom stereocenters. The molecule has 0 aliphatic heterocycles. The van der Waals surface area contributed by atoms with Crippen LogP contribution in [0.15, 0.2) is 22.6 Å². The van der Waals surface area contributed by atoms with Crippen molar-refractivity contribution < 1.29 is 13.2 Å². The lowest BCUT2D eigenvalue weighted by atomic mass is 10.2. The highest BCUT2D eigenvalue weighted by atomic mass is 19.2. The second-order valence-corrected chi connectivity index (χ2v) is 4.48.